The molecule has 232 valence electrons. The Morgan fingerprint density at radius 2 is 1.50 bits per heavy atom. The maximum absolute atomic E-state index is 11.2. The Balaban J connectivity index is 0.000000670. The fraction of sp³-hybridized carbons (Fsp3) is 0.324. The number of ether oxygens (including phenoxy) is 2. The zero-order valence-corrected chi connectivity index (χ0v) is 25.8. The average molecular weight is 619 g/mol. The Labute approximate surface area is 261 Å². The third-order valence-electron chi connectivity index (χ3n) is 7.13. The van der Waals surface area contributed by atoms with Gasteiger partial charge in [-0.15, -0.1) is 11.3 Å². The lowest BCUT2D eigenvalue weighted by atomic mass is 9.99. The van der Waals surface area contributed by atoms with Crippen LogP contribution in [0.3, 0.4) is 0 Å². The summed E-state index contributed by atoms with van der Waals surface area (Å²) in [5, 5.41) is 18.9. The monoisotopic (exact) mass is 618 g/mol. The minimum atomic E-state index is -1.82. The molecule has 0 bridgehead atoms. The lowest BCUT2D eigenvalue weighted by Crippen LogP contribution is -2.35. The maximum Gasteiger partial charge on any atom is 0.414 e. The van der Waals surface area contributed by atoms with E-state index in [1.165, 1.54) is 64.5 Å². The van der Waals surface area contributed by atoms with Gasteiger partial charge >= 0.3 is 11.9 Å². The number of carbonyl (C=O) groups is 3. The average Bonchev–Trinajstić information content (AvgIpc) is 3.65. The van der Waals surface area contributed by atoms with Gasteiger partial charge in [-0.05, 0) is 104 Å². The van der Waals surface area contributed by atoms with Crippen LogP contribution >= 0.6 is 11.3 Å². The van der Waals surface area contributed by atoms with Crippen molar-refractivity contribution < 1.29 is 34.1 Å². The van der Waals surface area contributed by atoms with E-state index in [-0.39, 0.29) is 11.9 Å². The zero-order chi connectivity index (χ0) is 31.5. The topological polar surface area (TPSA) is 125 Å². The van der Waals surface area contributed by atoms with E-state index in [0.29, 0.717) is 6.61 Å². The van der Waals surface area contributed by atoms with Crippen LogP contribution in [0.25, 0.3) is 20.5 Å². The van der Waals surface area contributed by atoms with E-state index in [1.54, 1.807) is 0 Å². The first kappa shape index (κ1) is 32.5. The van der Waals surface area contributed by atoms with Gasteiger partial charge in [-0.25, -0.2) is 9.59 Å². The molecule has 1 aliphatic rings. The van der Waals surface area contributed by atoms with Crippen LogP contribution in [-0.4, -0.2) is 71.8 Å². The van der Waals surface area contributed by atoms with Gasteiger partial charge in [0.05, 0.1) is 6.04 Å². The lowest BCUT2D eigenvalue weighted by Gasteiger charge is -2.15. The van der Waals surface area contributed by atoms with E-state index in [0.717, 1.165) is 31.1 Å². The summed E-state index contributed by atoms with van der Waals surface area (Å²) in [6, 6.07) is 25.5. The number of carboxylic acid groups (broad SMARTS) is 2. The number of likely N-dealkylation sites (tertiary alicyclic amines) is 1. The number of thiophene rings is 1. The number of hydrogen-bond acceptors (Lipinski definition) is 7. The van der Waals surface area contributed by atoms with Crippen molar-refractivity contribution in [2.45, 2.75) is 39.2 Å². The Morgan fingerprint density at radius 1 is 0.886 bits per heavy atom. The summed E-state index contributed by atoms with van der Waals surface area (Å²) in [5.74, 6) is -1.96. The highest BCUT2D eigenvalue weighted by Crippen LogP contribution is 2.40. The molecule has 3 N–H and O–H groups in total. The van der Waals surface area contributed by atoms with E-state index in [2.05, 4.69) is 70.9 Å². The number of carbonyl (C=O) groups excluding carboxylic acids is 1. The van der Waals surface area contributed by atoms with Crippen LogP contribution in [-0.2, 0) is 20.8 Å². The van der Waals surface area contributed by atoms with Crippen LogP contribution in [0.15, 0.2) is 72.8 Å². The molecular formula is C34H38N2O7S. The molecule has 5 rings (SSSR count). The molecule has 9 nitrogen and oxygen atoms in total. The predicted molar refractivity (Wildman–Crippen MR) is 172 cm³/mol. The highest BCUT2D eigenvalue weighted by molar-refractivity contribution is 7.22. The molecule has 3 aromatic carbocycles. The smallest absolute Gasteiger partial charge is 0.414 e. The summed E-state index contributed by atoms with van der Waals surface area (Å²) >= 11 is 1.84. The van der Waals surface area contributed by atoms with E-state index >= 15 is 0 Å². The van der Waals surface area contributed by atoms with Crippen LogP contribution in [0.5, 0.6) is 11.5 Å². The summed E-state index contributed by atoms with van der Waals surface area (Å²) in [6.45, 7) is 8.04. The molecule has 1 fully saturated rings. The number of hydrogen-bond donors (Lipinski definition) is 3. The number of aliphatic carboxylic acids is 2. The predicted octanol–water partition coefficient (Wildman–Crippen LogP) is 5.69. The van der Waals surface area contributed by atoms with Crippen LogP contribution in [0, 0.1) is 0 Å². The minimum absolute atomic E-state index is 0.0387. The van der Waals surface area contributed by atoms with Crippen LogP contribution in [0.4, 0.5) is 0 Å². The first-order chi connectivity index (χ1) is 21.2. The maximum atomic E-state index is 11.2. The molecule has 1 amide bonds. The van der Waals surface area contributed by atoms with E-state index in [1.807, 2.05) is 30.4 Å². The molecule has 2 heterocycles. The summed E-state index contributed by atoms with van der Waals surface area (Å²) in [6.07, 6.45) is 3.48. The SMILES string of the molecule is CC(=O)N[C@H](C)COc1ccc(-c2sc3ccccc3c2Cc2ccc(OCCN3CCCC3)cc2)cc1.O=C(O)C(=O)O. The van der Waals surface area contributed by atoms with Gasteiger partial charge in [-0.1, -0.05) is 30.3 Å². The van der Waals surface area contributed by atoms with Gasteiger partial charge in [0, 0.05) is 23.0 Å². The number of nitrogens with one attached hydrogen (secondary N) is 1. The van der Waals surface area contributed by atoms with E-state index in [9.17, 15) is 4.79 Å². The van der Waals surface area contributed by atoms with Gasteiger partial charge in [-0.3, -0.25) is 9.69 Å². The van der Waals surface area contributed by atoms with Gasteiger partial charge in [0.15, 0.2) is 0 Å². The largest absolute Gasteiger partial charge is 0.492 e. The standard InChI is InChI=1S/C32H36N2O3S.C2H2O4/c1-23(33-24(2)35)22-37-28-15-11-26(12-16-28)32-30(29-7-3-4-8-31(29)38-32)21-25-9-13-27(14-10-25)36-20-19-34-17-5-6-18-34;3-1(4)2(5)6/h3-4,7-16,23H,5-6,17-22H2,1-2H3,(H,33,35);(H,3,4)(H,5,6)/t23-;/m1./s1. The molecule has 1 aliphatic heterocycles. The van der Waals surface area contributed by atoms with Gasteiger partial charge in [0.2, 0.25) is 5.91 Å². The number of fused-ring (bicyclic) bond motifs is 1. The summed E-state index contributed by atoms with van der Waals surface area (Å²) in [4.78, 5) is 33.2. The molecule has 0 unspecified atom stereocenters. The molecule has 1 aromatic heterocycles. The van der Waals surface area contributed by atoms with Crippen molar-refractivity contribution in [2.75, 3.05) is 32.8 Å². The summed E-state index contributed by atoms with van der Waals surface area (Å²) in [5.41, 5.74) is 3.81. The molecular weight excluding hydrogens is 580 g/mol. The first-order valence-corrected chi connectivity index (χ1v) is 15.4. The van der Waals surface area contributed by atoms with Crippen molar-refractivity contribution in [1.29, 1.82) is 0 Å². The number of carboxylic acids is 2. The second kappa shape index (κ2) is 15.9. The Kier molecular flexibility index (Phi) is 11.7. The zero-order valence-electron chi connectivity index (χ0n) is 25.0. The lowest BCUT2D eigenvalue weighted by molar-refractivity contribution is -0.159. The molecule has 1 saturated heterocycles. The van der Waals surface area contributed by atoms with Crippen molar-refractivity contribution in [3.8, 4) is 21.9 Å². The van der Waals surface area contributed by atoms with Crippen molar-refractivity contribution in [1.82, 2.24) is 10.2 Å². The number of benzene rings is 3. The van der Waals surface area contributed by atoms with Crippen molar-refractivity contribution in [3.05, 3.63) is 83.9 Å². The van der Waals surface area contributed by atoms with Crippen LogP contribution < -0.4 is 14.8 Å². The fourth-order valence-electron chi connectivity index (χ4n) is 5.03. The molecule has 1 atom stereocenters. The van der Waals surface area contributed by atoms with Gasteiger partial charge in [0.1, 0.15) is 24.7 Å². The van der Waals surface area contributed by atoms with E-state index < -0.39 is 11.9 Å². The Hall–Kier alpha value is -4.41. The normalized spacial score (nSPS) is 13.5. The van der Waals surface area contributed by atoms with E-state index in [4.69, 9.17) is 29.3 Å². The van der Waals surface area contributed by atoms with Crippen molar-refractivity contribution >= 4 is 39.3 Å². The molecule has 0 saturated carbocycles. The van der Waals surface area contributed by atoms with Crippen LogP contribution in [0.1, 0.15) is 37.8 Å². The van der Waals surface area contributed by atoms with Gasteiger partial charge in [0.25, 0.3) is 0 Å². The molecule has 0 spiro atoms. The number of amides is 1. The molecule has 10 heteroatoms. The molecule has 44 heavy (non-hydrogen) atoms. The highest BCUT2D eigenvalue weighted by atomic mass is 32.1. The quantitative estimate of drug-likeness (QED) is 0.183. The first-order valence-electron chi connectivity index (χ1n) is 14.6. The third kappa shape index (κ3) is 9.55. The Morgan fingerprint density at radius 3 is 2.14 bits per heavy atom. The minimum Gasteiger partial charge on any atom is -0.492 e. The third-order valence-corrected chi connectivity index (χ3v) is 8.39. The van der Waals surface area contributed by atoms with Gasteiger partial charge in [-0.2, -0.15) is 0 Å². The van der Waals surface area contributed by atoms with Crippen LogP contribution in [0.2, 0.25) is 0 Å². The summed E-state index contributed by atoms with van der Waals surface area (Å²) < 4.78 is 13.2. The highest BCUT2D eigenvalue weighted by Gasteiger charge is 2.15. The Bertz CT molecular complexity index is 1530. The summed E-state index contributed by atoms with van der Waals surface area (Å²) in [7, 11) is 0. The van der Waals surface area contributed by atoms with Crippen molar-refractivity contribution in [2.24, 2.45) is 0 Å². The fourth-order valence-corrected chi connectivity index (χ4v) is 6.25. The second-order valence-corrected chi connectivity index (χ2v) is 11.7. The molecule has 4 aromatic rings. The number of nitrogens with zero attached hydrogens (tertiary/aromatic N) is 1. The molecule has 0 aliphatic carbocycles. The van der Waals surface area contributed by atoms with Gasteiger partial charge < -0.3 is 25.0 Å². The number of rotatable bonds is 11. The van der Waals surface area contributed by atoms with Crippen molar-refractivity contribution in [3.63, 3.8) is 0 Å². The molecule has 0 radical (unpaired) electrons. The second-order valence-electron chi connectivity index (χ2n) is 10.7.